The van der Waals surface area contributed by atoms with Crippen LogP contribution < -0.4 is 5.32 Å². The zero-order valence-corrected chi connectivity index (χ0v) is 13.6. The van der Waals surface area contributed by atoms with E-state index in [1.54, 1.807) is 12.1 Å². The second-order valence-corrected chi connectivity index (χ2v) is 6.27. The Hall–Kier alpha value is -1.22. The number of esters is 1. The molecule has 0 heterocycles. The average molecular weight is 310 g/mol. The maximum absolute atomic E-state index is 11.8. The van der Waals surface area contributed by atoms with Crippen LogP contribution in [0.4, 0.5) is 5.69 Å². The van der Waals surface area contributed by atoms with Gasteiger partial charge < -0.3 is 10.1 Å². The van der Waals surface area contributed by atoms with Crippen LogP contribution in [-0.2, 0) is 4.74 Å². The van der Waals surface area contributed by atoms with Gasteiger partial charge >= 0.3 is 5.97 Å². The van der Waals surface area contributed by atoms with Crippen molar-refractivity contribution in [3.05, 3.63) is 28.8 Å². The second kappa shape index (κ2) is 7.69. The van der Waals surface area contributed by atoms with Crippen molar-refractivity contribution in [1.29, 1.82) is 0 Å². The molecule has 21 heavy (non-hydrogen) atoms. The highest BCUT2D eigenvalue weighted by atomic mass is 35.5. The normalized spacial score (nSPS) is 21.9. The summed E-state index contributed by atoms with van der Waals surface area (Å²) in [5.41, 5.74) is 1.34. The molecule has 1 aromatic rings. The highest BCUT2D eigenvalue weighted by Crippen LogP contribution is 2.31. The molecule has 0 bridgehead atoms. The number of carbonyl (C=O) groups is 1. The standard InChI is InChI=1S/C17H24ClNO2/c1-3-4-12-5-8-14(9-6-12)19-16-10-7-13(18)11-15(16)17(20)21-2/h7,10-12,14,19H,3-6,8-9H2,1-2H3. The molecular weight excluding hydrogens is 286 g/mol. The molecule has 0 spiro atoms. The van der Waals surface area contributed by atoms with Gasteiger partial charge in [-0.15, -0.1) is 0 Å². The summed E-state index contributed by atoms with van der Waals surface area (Å²) < 4.78 is 4.83. The molecule has 0 unspecified atom stereocenters. The molecule has 0 amide bonds. The molecule has 1 aromatic carbocycles. The molecule has 0 aliphatic heterocycles. The maximum Gasteiger partial charge on any atom is 0.340 e. The smallest absolute Gasteiger partial charge is 0.340 e. The third kappa shape index (κ3) is 4.37. The van der Waals surface area contributed by atoms with Crippen LogP contribution >= 0.6 is 11.6 Å². The van der Waals surface area contributed by atoms with Crippen LogP contribution in [0.3, 0.4) is 0 Å². The van der Waals surface area contributed by atoms with Gasteiger partial charge in [0.15, 0.2) is 0 Å². The van der Waals surface area contributed by atoms with E-state index in [4.69, 9.17) is 16.3 Å². The Balaban J connectivity index is 2.02. The number of ether oxygens (including phenoxy) is 1. The van der Waals surface area contributed by atoms with Crippen molar-refractivity contribution in [2.24, 2.45) is 5.92 Å². The lowest BCUT2D eigenvalue weighted by atomic mass is 9.83. The Morgan fingerprint density at radius 3 is 2.67 bits per heavy atom. The molecular formula is C17H24ClNO2. The van der Waals surface area contributed by atoms with Crippen molar-refractivity contribution in [3.8, 4) is 0 Å². The first kappa shape index (κ1) is 16.2. The predicted octanol–water partition coefficient (Wildman–Crippen LogP) is 4.90. The van der Waals surface area contributed by atoms with Crippen molar-refractivity contribution in [1.82, 2.24) is 0 Å². The number of anilines is 1. The number of methoxy groups -OCH3 is 1. The van der Waals surface area contributed by atoms with E-state index < -0.39 is 0 Å². The number of hydrogen-bond acceptors (Lipinski definition) is 3. The summed E-state index contributed by atoms with van der Waals surface area (Å²) in [6, 6.07) is 5.77. The highest BCUT2D eigenvalue weighted by molar-refractivity contribution is 6.31. The van der Waals surface area contributed by atoms with E-state index in [2.05, 4.69) is 12.2 Å². The monoisotopic (exact) mass is 309 g/mol. The molecule has 1 aliphatic rings. The van der Waals surface area contributed by atoms with Gasteiger partial charge in [-0.25, -0.2) is 4.79 Å². The molecule has 3 nitrogen and oxygen atoms in total. The first-order valence-corrected chi connectivity index (χ1v) is 8.16. The van der Waals surface area contributed by atoms with Gasteiger partial charge in [0, 0.05) is 16.8 Å². The van der Waals surface area contributed by atoms with E-state index in [1.807, 2.05) is 6.07 Å². The van der Waals surface area contributed by atoms with Gasteiger partial charge in [-0.3, -0.25) is 0 Å². The van der Waals surface area contributed by atoms with E-state index in [1.165, 1.54) is 32.8 Å². The highest BCUT2D eigenvalue weighted by Gasteiger charge is 2.22. The molecule has 1 fully saturated rings. The Kier molecular flexibility index (Phi) is 5.92. The SMILES string of the molecule is CCCC1CCC(Nc2ccc(Cl)cc2C(=O)OC)CC1. The minimum absolute atomic E-state index is 0.348. The van der Waals surface area contributed by atoms with E-state index in [0.717, 1.165) is 24.4 Å². The number of hydrogen-bond donors (Lipinski definition) is 1. The van der Waals surface area contributed by atoms with Crippen LogP contribution in [0.15, 0.2) is 18.2 Å². The second-order valence-electron chi connectivity index (χ2n) is 5.83. The van der Waals surface area contributed by atoms with Crippen LogP contribution in [0.1, 0.15) is 55.8 Å². The van der Waals surface area contributed by atoms with Crippen LogP contribution in [0.2, 0.25) is 5.02 Å². The predicted molar refractivity (Wildman–Crippen MR) is 87.1 cm³/mol. The molecule has 116 valence electrons. The third-order valence-corrected chi connectivity index (χ3v) is 4.53. The zero-order chi connectivity index (χ0) is 15.2. The summed E-state index contributed by atoms with van der Waals surface area (Å²) in [5, 5.41) is 4.04. The fourth-order valence-electron chi connectivity index (χ4n) is 3.14. The van der Waals surface area contributed by atoms with Crippen molar-refractivity contribution in [2.45, 2.75) is 51.5 Å². The fraction of sp³-hybridized carbons (Fsp3) is 0.588. The molecule has 2 rings (SSSR count). The van der Waals surface area contributed by atoms with Crippen LogP contribution in [0, 0.1) is 5.92 Å². The molecule has 1 N–H and O–H groups in total. The summed E-state index contributed by atoms with van der Waals surface area (Å²) in [6.07, 6.45) is 7.47. The van der Waals surface area contributed by atoms with Gasteiger partial charge in [0.05, 0.1) is 12.7 Å². The van der Waals surface area contributed by atoms with Crippen molar-refractivity contribution >= 4 is 23.3 Å². The molecule has 0 radical (unpaired) electrons. The summed E-state index contributed by atoms with van der Waals surface area (Å²) >= 11 is 5.98. The first-order valence-electron chi connectivity index (χ1n) is 7.78. The van der Waals surface area contributed by atoms with Gasteiger partial charge in [-0.2, -0.15) is 0 Å². The van der Waals surface area contributed by atoms with Gasteiger partial charge in [-0.05, 0) is 49.8 Å². The lowest BCUT2D eigenvalue weighted by Crippen LogP contribution is -2.27. The third-order valence-electron chi connectivity index (χ3n) is 4.29. The molecule has 0 saturated heterocycles. The number of halogens is 1. The van der Waals surface area contributed by atoms with Crippen LogP contribution in [0.5, 0.6) is 0 Å². The lowest BCUT2D eigenvalue weighted by Gasteiger charge is -2.30. The van der Waals surface area contributed by atoms with Crippen LogP contribution in [0.25, 0.3) is 0 Å². The molecule has 1 aliphatic carbocycles. The Morgan fingerprint density at radius 2 is 2.05 bits per heavy atom. The number of nitrogens with one attached hydrogen (secondary N) is 1. The Labute approximate surface area is 132 Å². The van der Waals surface area contributed by atoms with Gasteiger partial charge in [0.1, 0.15) is 0 Å². The van der Waals surface area contributed by atoms with Gasteiger partial charge in [-0.1, -0.05) is 31.4 Å². The van der Waals surface area contributed by atoms with E-state index >= 15 is 0 Å². The lowest BCUT2D eigenvalue weighted by molar-refractivity contribution is 0.0601. The van der Waals surface area contributed by atoms with Crippen molar-refractivity contribution in [3.63, 3.8) is 0 Å². The number of rotatable bonds is 5. The minimum atomic E-state index is -0.348. The van der Waals surface area contributed by atoms with E-state index in [0.29, 0.717) is 16.6 Å². The molecule has 0 aromatic heterocycles. The largest absolute Gasteiger partial charge is 0.465 e. The van der Waals surface area contributed by atoms with E-state index in [9.17, 15) is 4.79 Å². The number of benzene rings is 1. The average Bonchev–Trinajstić information content (AvgIpc) is 2.50. The molecule has 4 heteroatoms. The summed E-state index contributed by atoms with van der Waals surface area (Å²) in [6.45, 7) is 2.25. The summed E-state index contributed by atoms with van der Waals surface area (Å²) in [7, 11) is 1.39. The topological polar surface area (TPSA) is 38.3 Å². The number of carbonyl (C=O) groups excluding carboxylic acids is 1. The Morgan fingerprint density at radius 1 is 1.33 bits per heavy atom. The zero-order valence-electron chi connectivity index (χ0n) is 12.8. The van der Waals surface area contributed by atoms with E-state index in [-0.39, 0.29) is 5.97 Å². The van der Waals surface area contributed by atoms with Gasteiger partial charge in [0.25, 0.3) is 0 Å². The van der Waals surface area contributed by atoms with Crippen LogP contribution in [-0.4, -0.2) is 19.1 Å². The van der Waals surface area contributed by atoms with Crippen molar-refractivity contribution in [2.75, 3.05) is 12.4 Å². The Bertz CT molecular complexity index is 482. The summed E-state index contributed by atoms with van der Waals surface area (Å²) in [4.78, 5) is 11.8. The maximum atomic E-state index is 11.8. The molecule has 0 atom stereocenters. The van der Waals surface area contributed by atoms with Crippen molar-refractivity contribution < 1.29 is 9.53 Å². The first-order chi connectivity index (χ1) is 10.1. The fourth-order valence-corrected chi connectivity index (χ4v) is 3.32. The summed E-state index contributed by atoms with van der Waals surface area (Å²) in [5.74, 6) is 0.526. The quantitative estimate of drug-likeness (QED) is 0.786. The molecule has 1 saturated carbocycles. The minimum Gasteiger partial charge on any atom is -0.465 e. The van der Waals surface area contributed by atoms with Gasteiger partial charge in [0.2, 0.25) is 0 Å².